The van der Waals surface area contributed by atoms with E-state index in [1.165, 1.54) is 6.92 Å². The summed E-state index contributed by atoms with van der Waals surface area (Å²) >= 11 is 0. The summed E-state index contributed by atoms with van der Waals surface area (Å²) in [6.07, 6.45) is 0.636. The molecule has 0 saturated heterocycles. The van der Waals surface area contributed by atoms with E-state index < -0.39 is 12.1 Å². The zero-order valence-electron chi connectivity index (χ0n) is 13.4. The molecule has 124 valence electrons. The lowest BCUT2D eigenvalue weighted by molar-refractivity contribution is -0.128. The number of para-hydroxylation sites is 2. The van der Waals surface area contributed by atoms with Gasteiger partial charge in [-0.3, -0.25) is 4.79 Å². The largest absolute Gasteiger partial charge is 0.456 e. The van der Waals surface area contributed by atoms with Crippen molar-refractivity contribution in [3.63, 3.8) is 0 Å². The number of nitrogens with one attached hydrogen (secondary N) is 1. The fraction of sp³-hybridized carbons (Fsp3) is 0.158. The van der Waals surface area contributed by atoms with Crippen LogP contribution in [-0.2, 0) is 9.53 Å². The predicted molar refractivity (Wildman–Crippen MR) is 91.0 cm³/mol. The molecule has 1 atom stereocenters. The summed E-state index contributed by atoms with van der Waals surface area (Å²) in [4.78, 5) is 24.1. The van der Waals surface area contributed by atoms with Crippen molar-refractivity contribution in [3.05, 3.63) is 72.8 Å². The molecular weight excluding hydrogens is 306 g/mol. The number of benzene rings is 2. The predicted octanol–water partition coefficient (Wildman–Crippen LogP) is 3.33. The van der Waals surface area contributed by atoms with Gasteiger partial charge >= 0.3 is 5.97 Å². The minimum Gasteiger partial charge on any atom is -0.456 e. The fourth-order valence-corrected chi connectivity index (χ4v) is 1.93. The van der Waals surface area contributed by atoms with E-state index in [2.05, 4.69) is 11.9 Å². The van der Waals surface area contributed by atoms with E-state index in [0.29, 0.717) is 18.0 Å². The number of carbonyl (C=O) groups excluding carboxylic acids is 2. The first-order valence-corrected chi connectivity index (χ1v) is 7.53. The number of hydrogen-bond donors (Lipinski definition) is 1. The van der Waals surface area contributed by atoms with Crippen molar-refractivity contribution < 1.29 is 19.1 Å². The lowest BCUT2D eigenvalue weighted by Gasteiger charge is -2.15. The highest BCUT2D eigenvalue weighted by Gasteiger charge is 2.21. The number of hydrogen-bond acceptors (Lipinski definition) is 4. The second kappa shape index (κ2) is 8.53. The summed E-state index contributed by atoms with van der Waals surface area (Å²) in [5.41, 5.74) is 0.254. The van der Waals surface area contributed by atoms with E-state index in [0.717, 1.165) is 0 Å². The Kier molecular flexibility index (Phi) is 6.14. The van der Waals surface area contributed by atoms with Crippen LogP contribution in [0.2, 0.25) is 0 Å². The molecule has 2 aromatic carbocycles. The molecule has 0 aliphatic carbocycles. The van der Waals surface area contributed by atoms with E-state index in [4.69, 9.17) is 9.47 Å². The van der Waals surface area contributed by atoms with Crippen LogP contribution in [0.5, 0.6) is 11.5 Å². The van der Waals surface area contributed by atoms with E-state index >= 15 is 0 Å². The van der Waals surface area contributed by atoms with Gasteiger partial charge in [-0.15, -0.1) is 6.58 Å². The Hall–Kier alpha value is -3.08. The van der Waals surface area contributed by atoms with Gasteiger partial charge in [0.05, 0.1) is 0 Å². The maximum Gasteiger partial charge on any atom is 0.342 e. The van der Waals surface area contributed by atoms with Crippen LogP contribution in [0.4, 0.5) is 0 Å². The van der Waals surface area contributed by atoms with Gasteiger partial charge in [0, 0.05) is 6.54 Å². The summed E-state index contributed by atoms with van der Waals surface area (Å²) in [5, 5.41) is 2.58. The molecule has 2 rings (SSSR count). The van der Waals surface area contributed by atoms with Crippen molar-refractivity contribution in [2.75, 3.05) is 6.54 Å². The number of amides is 1. The van der Waals surface area contributed by atoms with Crippen molar-refractivity contribution >= 4 is 11.9 Å². The highest BCUT2D eigenvalue weighted by molar-refractivity contribution is 5.94. The normalized spacial score (nSPS) is 11.2. The van der Waals surface area contributed by atoms with Crippen LogP contribution in [0.15, 0.2) is 67.3 Å². The highest BCUT2D eigenvalue weighted by Crippen LogP contribution is 2.25. The van der Waals surface area contributed by atoms with Gasteiger partial charge in [-0.2, -0.15) is 0 Å². The SMILES string of the molecule is C=CCNC(=O)C(C)OC(=O)c1ccccc1Oc1ccccc1. The summed E-state index contributed by atoms with van der Waals surface area (Å²) in [5.74, 6) is -0.0329. The molecule has 24 heavy (non-hydrogen) atoms. The second-order valence-corrected chi connectivity index (χ2v) is 4.99. The molecule has 2 aromatic rings. The van der Waals surface area contributed by atoms with Crippen LogP contribution in [-0.4, -0.2) is 24.5 Å². The Bertz CT molecular complexity index is 712. The van der Waals surface area contributed by atoms with E-state index in [1.807, 2.05) is 18.2 Å². The molecule has 0 aliphatic heterocycles. The molecule has 0 saturated carbocycles. The second-order valence-electron chi connectivity index (χ2n) is 4.99. The van der Waals surface area contributed by atoms with Gasteiger partial charge in [0.1, 0.15) is 17.1 Å². The van der Waals surface area contributed by atoms with Gasteiger partial charge in [0.2, 0.25) is 0 Å². The summed E-state index contributed by atoms with van der Waals surface area (Å²) in [7, 11) is 0. The number of esters is 1. The Balaban J connectivity index is 2.09. The Morgan fingerprint density at radius 2 is 1.79 bits per heavy atom. The molecule has 1 N–H and O–H groups in total. The van der Waals surface area contributed by atoms with E-state index in [-0.39, 0.29) is 11.5 Å². The third kappa shape index (κ3) is 4.71. The monoisotopic (exact) mass is 325 g/mol. The molecule has 1 unspecified atom stereocenters. The minimum absolute atomic E-state index is 0.254. The maximum atomic E-state index is 12.3. The van der Waals surface area contributed by atoms with Gasteiger partial charge in [-0.05, 0) is 31.2 Å². The van der Waals surface area contributed by atoms with E-state index in [9.17, 15) is 9.59 Å². The maximum absolute atomic E-state index is 12.3. The lowest BCUT2D eigenvalue weighted by atomic mass is 10.2. The zero-order valence-corrected chi connectivity index (χ0v) is 13.4. The smallest absolute Gasteiger partial charge is 0.342 e. The molecule has 5 heteroatoms. The first kappa shape index (κ1) is 17.3. The van der Waals surface area contributed by atoms with Crippen molar-refractivity contribution in [2.24, 2.45) is 0 Å². The summed E-state index contributed by atoms with van der Waals surface area (Å²) in [6.45, 7) is 5.34. The zero-order chi connectivity index (χ0) is 17.4. The minimum atomic E-state index is -0.915. The molecule has 5 nitrogen and oxygen atoms in total. The van der Waals surface area contributed by atoms with Crippen molar-refractivity contribution in [2.45, 2.75) is 13.0 Å². The molecule has 0 spiro atoms. The third-order valence-electron chi connectivity index (χ3n) is 3.15. The third-order valence-corrected chi connectivity index (χ3v) is 3.15. The van der Waals surface area contributed by atoms with Crippen LogP contribution < -0.4 is 10.1 Å². The van der Waals surface area contributed by atoms with Crippen LogP contribution in [0.3, 0.4) is 0 Å². The Morgan fingerprint density at radius 3 is 2.50 bits per heavy atom. The molecule has 0 bridgehead atoms. The number of rotatable bonds is 7. The summed E-state index contributed by atoms with van der Waals surface area (Å²) in [6, 6.07) is 15.8. The molecule has 0 heterocycles. The van der Waals surface area contributed by atoms with Gasteiger partial charge < -0.3 is 14.8 Å². The molecule has 0 aliphatic rings. The topological polar surface area (TPSA) is 64.6 Å². The van der Waals surface area contributed by atoms with E-state index in [1.54, 1.807) is 42.5 Å². The quantitative estimate of drug-likeness (QED) is 0.626. The van der Waals surface area contributed by atoms with Crippen molar-refractivity contribution in [3.8, 4) is 11.5 Å². The molecular formula is C19H19NO4. The number of carbonyl (C=O) groups is 2. The Morgan fingerprint density at radius 1 is 1.12 bits per heavy atom. The highest BCUT2D eigenvalue weighted by atomic mass is 16.5. The average Bonchev–Trinajstić information content (AvgIpc) is 2.60. The van der Waals surface area contributed by atoms with Crippen molar-refractivity contribution in [1.29, 1.82) is 0 Å². The first-order chi connectivity index (χ1) is 11.6. The molecule has 0 radical (unpaired) electrons. The van der Waals surface area contributed by atoms with Gasteiger partial charge in [-0.25, -0.2) is 4.79 Å². The molecule has 1 amide bonds. The van der Waals surface area contributed by atoms with Gasteiger partial charge in [0.15, 0.2) is 6.10 Å². The van der Waals surface area contributed by atoms with Crippen LogP contribution in [0, 0.1) is 0 Å². The number of ether oxygens (including phenoxy) is 2. The van der Waals surface area contributed by atoms with Crippen LogP contribution in [0.1, 0.15) is 17.3 Å². The first-order valence-electron chi connectivity index (χ1n) is 7.53. The fourth-order valence-electron chi connectivity index (χ4n) is 1.93. The van der Waals surface area contributed by atoms with Crippen molar-refractivity contribution in [1.82, 2.24) is 5.32 Å². The lowest BCUT2D eigenvalue weighted by Crippen LogP contribution is -2.35. The average molecular weight is 325 g/mol. The van der Waals surface area contributed by atoms with Gasteiger partial charge in [-0.1, -0.05) is 36.4 Å². The Labute approximate surface area is 140 Å². The van der Waals surface area contributed by atoms with Crippen LogP contribution >= 0.6 is 0 Å². The summed E-state index contributed by atoms with van der Waals surface area (Å²) < 4.78 is 10.9. The molecule has 0 aromatic heterocycles. The van der Waals surface area contributed by atoms with Gasteiger partial charge in [0.25, 0.3) is 5.91 Å². The standard InChI is InChI=1S/C19H19NO4/c1-3-13-20-18(21)14(2)23-19(22)16-11-7-8-12-17(16)24-15-9-5-4-6-10-15/h3-12,14H,1,13H2,2H3,(H,20,21). The van der Waals surface area contributed by atoms with Crippen LogP contribution in [0.25, 0.3) is 0 Å². The molecule has 0 fully saturated rings.